The summed E-state index contributed by atoms with van der Waals surface area (Å²) in [7, 11) is 10.7. The second-order valence-electron chi connectivity index (χ2n) is 8.65. The van der Waals surface area contributed by atoms with Crippen molar-refractivity contribution in [1.29, 1.82) is 0 Å². The molecule has 0 fully saturated rings. The van der Waals surface area contributed by atoms with Crippen LogP contribution in [0, 0.1) is 13.8 Å². The van der Waals surface area contributed by atoms with Crippen LogP contribution in [0.3, 0.4) is 0 Å². The molecule has 0 spiro atoms. The van der Waals surface area contributed by atoms with Crippen molar-refractivity contribution in [1.82, 2.24) is 0 Å². The second-order valence-corrected chi connectivity index (χ2v) is 17.5. The fourth-order valence-corrected chi connectivity index (χ4v) is 3.82. The average molecular weight is 533 g/mol. The molecule has 0 heterocycles. The zero-order chi connectivity index (χ0) is 23.1. The zero-order valence-corrected chi connectivity index (χ0v) is 23.7. The summed E-state index contributed by atoms with van der Waals surface area (Å²) in [4.78, 5) is 0. The van der Waals surface area contributed by atoms with Gasteiger partial charge in [-0.3, -0.25) is 0 Å². The third-order valence-electron chi connectivity index (χ3n) is 5.32. The predicted octanol–water partition coefficient (Wildman–Crippen LogP) is 9.72. The van der Waals surface area contributed by atoms with E-state index in [0.29, 0.717) is 11.8 Å². The summed E-state index contributed by atoms with van der Waals surface area (Å²) >= 11 is -1.76. The minimum Gasteiger partial charge on any atom is -0.165 e. The first-order chi connectivity index (χ1) is 14.6. The Morgan fingerprint density at radius 1 is 0.742 bits per heavy atom. The summed E-state index contributed by atoms with van der Waals surface area (Å²) in [5.41, 5.74) is 5.66. The molecule has 166 valence electrons. The van der Waals surface area contributed by atoms with Gasteiger partial charge in [0.05, 0.1) is 0 Å². The molecule has 0 saturated carbocycles. The molecule has 0 aliphatic carbocycles. The Morgan fingerprint density at radius 2 is 1.10 bits per heavy atom. The molecule has 4 aromatic carbocycles. The minimum atomic E-state index is -1.76. The van der Waals surface area contributed by atoms with Gasteiger partial charge < -0.3 is 0 Å². The van der Waals surface area contributed by atoms with Crippen LogP contribution in [-0.2, 0) is 18.9 Å². The molecule has 4 rings (SSSR count). The average Bonchev–Trinajstić information content (AvgIpc) is 3.28. The predicted molar refractivity (Wildman–Crippen MR) is 140 cm³/mol. The summed E-state index contributed by atoms with van der Waals surface area (Å²) in [6.07, 6.45) is 0. The van der Waals surface area contributed by atoms with Crippen molar-refractivity contribution in [2.24, 2.45) is 0 Å². The minimum absolute atomic E-state index is 0.616. The molecule has 0 amide bonds. The molecule has 0 radical (unpaired) electrons. The second kappa shape index (κ2) is 12.3. The van der Waals surface area contributed by atoms with Gasteiger partial charge in [-0.15, -0.1) is 69.1 Å². The van der Waals surface area contributed by atoms with E-state index >= 15 is 0 Å². The fourth-order valence-electron chi connectivity index (χ4n) is 3.82. The number of hydrogen-bond acceptors (Lipinski definition) is 0. The molecule has 0 saturated heterocycles. The number of hydrogen-bond donors (Lipinski definition) is 0. The standard InChI is InChI=1S/2C13H15.C2H4.2ClH.Zr/c2*1-9(2)12-6-4-5-11-7-10(3)8-13(11)12;1-2;;;/h2*4-9H,1-3H3;1H,2H3;2*1H;/q2*-1;;;;+2/p-2. The summed E-state index contributed by atoms with van der Waals surface area (Å²) in [5, 5.41) is 5.61. The Morgan fingerprint density at radius 3 is 1.39 bits per heavy atom. The smallest absolute Gasteiger partial charge is 0.0308 e. The van der Waals surface area contributed by atoms with Gasteiger partial charge in [-0.25, -0.2) is 0 Å². The van der Waals surface area contributed by atoms with E-state index in [2.05, 4.69) is 102 Å². The molecular weight excluding hydrogens is 498 g/mol. The Labute approximate surface area is 203 Å². The van der Waals surface area contributed by atoms with Crippen molar-refractivity contribution in [3.05, 3.63) is 82.9 Å². The van der Waals surface area contributed by atoms with E-state index in [9.17, 15) is 0 Å². The van der Waals surface area contributed by atoms with Crippen LogP contribution >= 0.6 is 17.0 Å². The SMILES string of the molecule is C[CH]=[Zr]([Cl])[Cl].Cc1cc2c(C(C)C)cccc2[cH-]1.Cc1cc2c(C(C)C)cccc2[cH-]1. The molecule has 0 N–H and O–H groups in total. The summed E-state index contributed by atoms with van der Waals surface area (Å²) in [6, 6.07) is 22.2. The number of rotatable bonds is 2. The Bertz CT molecular complexity index is 1050. The zero-order valence-electron chi connectivity index (χ0n) is 19.8. The van der Waals surface area contributed by atoms with Gasteiger partial charge in [-0.1, -0.05) is 64.8 Å². The number of halogens is 2. The number of benzene rings is 2. The van der Waals surface area contributed by atoms with Gasteiger partial charge in [-0.2, -0.15) is 12.1 Å². The summed E-state index contributed by atoms with van der Waals surface area (Å²) in [6.45, 7) is 15.2. The monoisotopic (exact) mass is 530 g/mol. The maximum atomic E-state index is 5.37. The largest absolute Gasteiger partial charge is 0.165 e. The van der Waals surface area contributed by atoms with Crippen molar-refractivity contribution in [2.75, 3.05) is 0 Å². The third-order valence-corrected chi connectivity index (χ3v) is 8.97. The molecular formula is C28H34Cl2Zr-2. The van der Waals surface area contributed by atoms with E-state index in [1.54, 1.807) is 0 Å². The van der Waals surface area contributed by atoms with Gasteiger partial charge in [0.2, 0.25) is 0 Å². The first-order valence-electron chi connectivity index (χ1n) is 10.9. The van der Waals surface area contributed by atoms with Crippen LogP contribution in [0.4, 0.5) is 0 Å². The first kappa shape index (κ1) is 26.2. The normalized spacial score (nSPS) is 10.7. The number of aryl methyl sites for hydroxylation is 2. The van der Waals surface area contributed by atoms with E-state index in [4.69, 9.17) is 17.0 Å². The van der Waals surface area contributed by atoms with Gasteiger partial charge in [-0.05, 0) is 11.8 Å². The third kappa shape index (κ3) is 7.52. The first-order valence-corrected chi connectivity index (χ1v) is 18.7. The maximum absolute atomic E-state index is 5.37. The Hall–Kier alpha value is -1.01. The van der Waals surface area contributed by atoms with Crippen LogP contribution in [0.1, 0.15) is 68.7 Å². The molecule has 0 aliphatic rings. The van der Waals surface area contributed by atoms with Crippen LogP contribution in [0.15, 0.2) is 60.7 Å². The molecule has 31 heavy (non-hydrogen) atoms. The molecule has 0 aromatic heterocycles. The van der Waals surface area contributed by atoms with Gasteiger partial charge in [0.15, 0.2) is 0 Å². The van der Waals surface area contributed by atoms with Crippen LogP contribution in [0.5, 0.6) is 0 Å². The summed E-state index contributed by atoms with van der Waals surface area (Å²) in [5.74, 6) is 1.23. The summed E-state index contributed by atoms with van der Waals surface area (Å²) < 4.78 is 1.89. The van der Waals surface area contributed by atoms with E-state index in [1.165, 1.54) is 43.8 Å². The molecule has 0 unspecified atom stereocenters. The van der Waals surface area contributed by atoms with Crippen LogP contribution < -0.4 is 0 Å². The van der Waals surface area contributed by atoms with E-state index in [-0.39, 0.29) is 0 Å². The topological polar surface area (TPSA) is 0 Å². The maximum Gasteiger partial charge on any atom is -0.0308 e. The van der Waals surface area contributed by atoms with Gasteiger partial charge >= 0.3 is 46.5 Å². The van der Waals surface area contributed by atoms with E-state index in [1.807, 2.05) is 10.6 Å². The Balaban J connectivity index is 0.000000182. The van der Waals surface area contributed by atoms with Gasteiger partial charge in [0, 0.05) is 0 Å². The van der Waals surface area contributed by atoms with Crippen LogP contribution in [0.2, 0.25) is 0 Å². The van der Waals surface area contributed by atoms with Gasteiger partial charge in [0.1, 0.15) is 0 Å². The van der Waals surface area contributed by atoms with E-state index < -0.39 is 18.9 Å². The molecule has 0 nitrogen and oxygen atoms in total. The molecule has 4 aromatic rings. The molecule has 0 aliphatic heterocycles. The van der Waals surface area contributed by atoms with Gasteiger partial charge in [0.25, 0.3) is 0 Å². The van der Waals surface area contributed by atoms with Crippen LogP contribution in [0.25, 0.3) is 21.5 Å². The quantitative estimate of drug-likeness (QED) is 0.225. The Kier molecular flexibility index (Phi) is 10.4. The van der Waals surface area contributed by atoms with Crippen molar-refractivity contribution < 1.29 is 18.9 Å². The fraction of sp³-hybridized carbons (Fsp3) is 0.321. The molecule has 0 bridgehead atoms. The van der Waals surface area contributed by atoms with Crippen molar-refractivity contribution in [3.8, 4) is 0 Å². The van der Waals surface area contributed by atoms with Crippen molar-refractivity contribution in [2.45, 2.75) is 60.3 Å². The van der Waals surface area contributed by atoms with Crippen LogP contribution in [-0.4, -0.2) is 3.71 Å². The van der Waals surface area contributed by atoms with E-state index in [0.717, 1.165) is 0 Å². The molecule has 3 heteroatoms. The molecule has 0 atom stereocenters. The van der Waals surface area contributed by atoms with Crippen molar-refractivity contribution in [3.63, 3.8) is 0 Å². The number of fused-ring (bicyclic) bond motifs is 2. The van der Waals surface area contributed by atoms with Crippen molar-refractivity contribution >= 4 is 42.3 Å².